The second-order valence-electron chi connectivity index (χ2n) is 7.06. The van der Waals surface area contributed by atoms with E-state index in [-0.39, 0.29) is 5.97 Å². The van der Waals surface area contributed by atoms with Gasteiger partial charge in [0.25, 0.3) is 0 Å². The van der Waals surface area contributed by atoms with E-state index in [0.717, 1.165) is 5.69 Å². The van der Waals surface area contributed by atoms with Gasteiger partial charge in [0.15, 0.2) is 0 Å². The Morgan fingerprint density at radius 3 is 2.31 bits per heavy atom. The predicted octanol–water partition coefficient (Wildman–Crippen LogP) is 6.76. The molecule has 36 heavy (non-hydrogen) atoms. The Bertz CT molecular complexity index is 1010. The quantitative estimate of drug-likeness (QED) is 0.0868. The summed E-state index contributed by atoms with van der Waals surface area (Å²) >= 11 is 0.416. The van der Waals surface area contributed by atoms with Crippen molar-refractivity contribution in [1.82, 2.24) is 0 Å². The predicted molar refractivity (Wildman–Crippen MR) is 128 cm³/mol. The summed E-state index contributed by atoms with van der Waals surface area (Å²) < 4.78 is 56.0. The van der Waals surface area contributed by atoms with Crippen LogP contribution in [0.1, 0.15) is 26.7 Å². The summed E-state index contributed by atoms with van der Waals surface area (Å²) in [5, 5.41) is 8.41. The maximum atomic E-state index is 12.0. The minimum absolute atomic E-state index is 0.234. The highest BCUT2D eigenvalue weighted by Crippen LogP contribution is 2.41. The number of carbonyl (C=O) groups is 1. The van der Waals surface area contributed by atoms with Gasteiger partial charge in [-0.3, -0.25) is 4.79 Å². The molecule has 9 nitrogen and oxygen atoms in total. The molecule has 0 aliphatic heterocycles. The number of ether oxygens (including phenoxy) is 3. The smallest absolute Gasteiger partial charge is 0.494 e. The number of nitrogens with zero attached hydrogens (tertiary/aromatic N) is 3. The van der Waals surface area contributed by atoms with E-state index in [0.29, 0.717) is 72.4 Å². The van der Waals surface area contributed by atoms with Gasteiger partial charge in [-0.2, -0.15) is 9.45 Å². The first-order chi connectivity index (χ1) is 17.2. The third-order valence-corrected chi connectivity index (χ3v) is 5.29. The topological polar surface area (TPSA) is 91.2 Å². The molecular formula is C23H28F3N3O6S. The number of rotatable bonds is 14. The summed E-state index contributed by atoms with van der Waals surface area (Å²) in [7, 11) is 3.05. The summed E-state index contributed by atoms with van der Waals surface area (Å²) in [6.45, 7) is 5.40. The lowest BCUT2D eigenvalue weighted by molar-refractivity contribution is -0.440. The average molecular weight is 532 g/mol. The zero-order valence-electron chi connectivity index (χ0n) is 20.3. The Balaban J connectivity index is 2.13. The molecule has 0 heterocycles. The van der Waals surface area contributed by atoms with Crippen molar-refractivity contribution in [3.8, 4) is 11.5 Å². The molecule has 0 aliphatic rings. The van der Waals surface area contributed by atoms with Crippen molar-refractivity contribution in [2.75, 3.05) is 38.8 Å². The lowest BCUT2D eigenvalue weighted by Gasteiger charge is -2.25. The molecular weight excluding hydrogens is 503 g/mol. The monoisotopic (exact) mass is 531 g/mol. The lowest BCUT2D eigenvalue weighted by atomic mass is 10.2. The highest BCUT2D eigenvalue weighted by molar-refractivity contribution is 7.94. The molecule has 2 aromatic carbocycles. The molecule has 0 atom stereocenters. The van der Waals surface area contributed by atoms with Crippen LogP contribution in [0.25, 0.3) is 0 Å². The van der Waals surface area contributed by atoms with Gasteiger partial charge in [-0.15, -0.1) is 23.2 Å². The minimum atomic E-state index is -4.88. The van der Waals surface area contributed by atoms with E-state index in [4.69, 9.17) is 14.2 Å². The third kappa shape index (κ3) is 9.55. The number of hydrogen-bond acceptors (Lipinski definition) is 10. The number of anilines is 1. The molecule has 0 saturated carbocycles. The molecule has 0 N–H and O–H groups in total. The van der Waals surface area contributed by atoms with E-state index in [1.165, 1.54) is 19.2 Å². The number of esters is 1. The van der Waals surface area contributed by atoms with Crippen molar-refractivity contribution in [1.29, 1.82) is 0 Å². The van der Waals surface area contributed by atoms with Crippen molar-refractivity contribution in [2.24, 2.45) is 10.2 Å². The van der Waals surface area contributed by atoms with Gasteiger partial charge < -0.3 is 19.1 Å². The summed E-state index contributed by atoms with van der Waals surface area (Å²) in [5.74, 6) is 0.780. The average Bonchev–Trinajstić information content (AvgIpc) is 2.85. The largest absolute Gasteiger partial charge is 0.550 e. The van der Waals surface area contributed by atoms with E-state index >= 15 is 0 Å². The molecule has 0 fully saturated rings. The first-order valence-corrected chi connectivity index (χ1v) is 11.7. The van der Waals surface area contributed by atoms with Crippen LogP contribution >= 0.6 is 12.0 Å². The number of methoxy groups -OCH3 is 2. The van der Waals surface area contributed by atoms with Gasteiger partial charge in [-0.05, 0) is 44.5 Å². The molecule has 0 aromatic heterocycles. The molecule has 0 radical (unpaired) electrons. The van der Waals surface area contributed by atoms with Crippen LogP contribution in [0.3, 0.4) is 0 Å². The summed E-state index contributed by atoms with van der Waals surface area (Å²) in [6.07, 6.45) is -3.95. The van der Waals surface area contributed by atoms with Gasteiger partial charge in [0.2, 0.25) is 0 Å². The van der Waals surface area contributed by atoms with Crippen molar-refractivity contribution < 1.29 is 41.4 Å². The SMILES string of the molecule is CCOC(=O)CCCN(CC)c1cc(OC)c(N=Nc2ccc(SOOC(F)(F)F)cc2)cc1OC. The Kier molecular flexibility index (Phi) is 11.8. The zero-order chi connectivity index (χ0) is 26.6. The van der Waals surface area contributed by atoms with Gasteiger partial charge in [-0.25, -0.2) is 0 Å². The number of alkyl halides is 3. The van der Waals surface area contributed by atoms with Gasteiger partial charge in [-0.1, -0.05) is 0 Å². The standard InChI is InChI=1S/C23H28F3N3O6S/c1-5-29(13-7-8-22(30)33-6-2)19-15-20(31-3)18(14-21(19)32-4)28-27-16-9-11-17(12-10-16)36-35-34-23(24,25)26/h9-12,14-15H,5-8,13H2,1-4H3. The molecule has 0 saturated heterocycles. The highest BCUT2D eigenvalue weighted by Gasteiger charge is 2.31. The van der Waals surface area contributed by atoms with Gasteiger partial charge >= 0.3 is 12.3 Å². The van der Waals surface area contributed by atoms with Crippen LogP contribution in [-0.4, -0.2) is 46.2 Å². The summed E-state index contributed by atoms with van der Waals surface area (Å²) in [4.78, 5) is 17.3. The number of azo groups is 1. The Morgan fingerprint density at radius 2 is 1.72 bits per heavy atom. The number of hydrogen-bond donors (Lipinski definition) is 0. The molecule has 198 valence electrons. The summed E-state index contributed by atoms with van der Waals surface area (Å²) in [6, 6.07) is 9.62. The van der Waals surface area contributed by atoms with Crippen LogP contribution in [-0.2, 0) is 18.8 Å². The van der Waals surface area contributed by atoms with Crippen LogP contribution in [0, 0.1) is 0 Å². The third-order valence-electron chi connectivity index (χ3n) is 4.69. The van der Waals surface area contributed by atoms with Gasteiger partial charge in [0.1, 0.15) is 17.2 Å². The first-order valence-electron chi connectivity index (χ1n) is 11.0. The number of carbonyl (C=O) groups excluding carboxylic acids is 1. The van der Waals surface area contributed by atoms with Crippen LogP contribution in [0.15, 0.2) is 51.5 Å². The van der Waals surface area contributed by atoms with E-state index in [2.05, 4.69) is 24.3 Å². The van der Waals surface area contributed by atoms with Crippen LogP contribution in [0.5, 0.6) is 11.5 Å². The molecule has 2 aromatic rings. The van der Waals surface area contributed by atoms with E-state index in [1.54, 1.807) is 38.3 Å². The first kappa shape index (κ1) is 29.2. The fraction of sp³-hybridized carbons (Fsp3) is 0.435. The van der Waals surface area contributed by atoms with E-state index in [1.807, 2.05) is 6.92 Å². The van der Waals surface area contributed by atoms with Crippen molar-refractivity contribution in [3.63, 3.8) is 0 Å². The molecule has 0 amide bonds. The normalized spacial score (nSPS) is 11.5. The van der Waals surface area contributed by atoms with E-state index in [9.17, 15) is 18.0 Å². The van der Waals surface area contributed by atoms with Crippen molar-refractivity contribution in [2.45, 2.75) is 37.9 Å². The highest BCUT2D eigenvalue weighted by atomic mass is 32.2. The lowest BCUT2D eigenvalue weighted by Crippen LogP contribution is -2.25. The molecule has 13 heteroatoms. The molecule has 0 bridgehead atoms. The molecule has 2 rings (SSSR count). The maximum absolute atomic E-state index is 12.0. The second-order valence-corrected chi connectivity index (χ2v) is 7.83. The van der Waals surface area contributed by atoms with Gasteiger partial charge in [0.05, 0.1) is 44.2 Å². The van der Waals surface area contributed by atoms with Crippen LogP contribution in [0.4, 0.5) is 30.2 Å². The zero-order valence-corrected chi connectivity index (χ0v) is 21.1. The molecule has 0 unspecified atom stereocenters. The molecule has 0 spiro atoms. The van der Waals surface area contributed by atoms with Crippen molar-refractivity contribution in [3.05, 3.63) is 36.4 Å². The number of halogens is 3. The fourth-order valence-corrected chi connectivity index (χ4v) is 3.50. The Morgan fingerprint density at radius 1 is 1.03 bits per heavy atom. The summed E-state index contributed by atoms with van der Waals surface area (Å²) in [5.41, 5.74) is 1.65. The fourth-order valence-electron chi connectivity index (χ4n) is 3.06. The van der Waals surface area contributed by atoms with E-state index < -0.39 is 6.36 Å². The Hall–Kier alpha value is -3.03. The van der Waals surface area contributed by atoms with Crippen LogP contribution < -0.4 is 14.4 Å². The molecule has 0 aliphatic carbocycles. The minimum Gasteiger partial charge on any atom is -0.494 e. The van der Waals surface area contributed by atoms with Crippen LogP contribution in [0.2, 0.25) is 0 Å². The number of benzene rings is 2. The van der Waals surface area contributed by atoms with Gasteiger partial charge in [0, 0.05) is 36.5 Å². The maximum Gasteiger partial charge on any atom is 0.550 e. The Labute approximate surface area is 211 Å². The van der Waals surface area contributed by atoms with Crippen molar-refractivity contribution >= 4 is 35.1 Å². The second kappa shape index (κ2) is 14.5.